The summed E-state index contributed by atoms with van der Waals surface area (Å²) in [5.74, 6) is -0.0556. The number of hydrogen-bond donors (Lipinski definition) is 1. The maximum Gasteiger partial charge on any atom is 0.203 e. The zero-order valence-electron chi connectivity index (χ0n) is 15.5. The number of aromatic hydroxyl groups is 1. The maximum atomic E-state index is 13.5. The van der Waals surface area contributed by atoms with E-state index in [2.05, 4.69) is 6.92 Å². The number of aryl methyl sites for hydroxylation is 1. The Morgan fingerprint density at radius 1 is 0.889 bits per heavy atom. The lowest BCUT2D eigenvalue weighted by atomic mass is 9.97. The topological polar surface area (TPSA) is 42.2 Å². The molecule has 0 bridgehead atoms. The largest absolute Gasteiger partial charge is 0.494 e. The predicted molar refractivity (Wildman–Crippen MR) is 111 cm³/mol. The number of nitrogens with zero attached hydrogens (tertiary/aromatic N) is 1. The van der Waals surface area contributed by atoms with Gasteiger partial charge in [-0.05, 0) is 23.3 Å². The number of hydrogen-bond acceptors (Lipinski definition) is 2. The van der Waals surface area contributed by atoms with Crippen LogP contribution < -0.4 is 0 Å². The Balaban J connectivity index is 1.88. The van der Waals surface area contributed by atoms with Crippen LogP contribution >= 0.6 is 0 Å². The van der Waals surface area contributed by atoms with E-state index in [0.29, 0.717) is 17.7 Å². The van der Waals surface area contributed by atoms with Gasteiger partial charge in [0, 0.05) is 17.5 Å². The van der Waals surface area contributed by atoms with Gasteiger partial charge in [0.15, 0.2) is 5.78 Å². The summed E-state index contributed by atoms with van der Waals surface area (Å²) in [6, 6.07) is 21.4. The second-order valence-electron chi connectivity index (χ2n) is 6.93. The van der Waals surface area contributed by atoms with Gasteiger partial charge in [0.1, 0.15) is 0 Å². The predicted octanol–water partition coefficient (Wildman–Crippen LogP) is 5.92. The first-order valence-electron chi connectivity index (χ1n) is 9.55. The van der Waals surface area contributed by atoms with Crippen molar-refractivity contribution in [3.63, 3.8) is 0 Å². The highest BCUT2D eigenvalue weighted by Crippen LogP contribution is 2.34. The third kappa shape index (κ3) is 2.99. The number of carbonyl (C=O) groups excluding carboxylic acids is 1. The fourth-order valence-corrected chi connectivity index (χ4v) is 3.82. The Morgan fingerprint density at radius 2 is 1.59 bits per heavy atom. The van der Waals surface area contributed by atoms with Gasteiger partial charge in [-0.1, -0.05) is 80.4 Å². The summed E-state index contributed by atoms with van der Waals surface area (Å²) in [6.07, 6.45) is 3.19. The molecule has 1 heterocycles. The normalized spacial score (nSPS) is 11.3. The number of unbranched alkanes of at least 4 members (excludes halogenated alkanes) is 2. The zero-order chi connectivity index (χ0) is 18.8. The second kappa shape index (κ2) is 7.28. The third-order valence-corrected chi connectivity index (χ3v) is 5.19. The smallest absolute Gasteiger partial charge is 0.203 e. The minimum atomic E-state index is -0.130. The van der Waals surface area contributed by atoms with Crippen LogP contribution in [0, 0.1) is 0 Å². The quantitative estimate of drug-likeness (QED) is 0.344. The van der Waals surface area contributed by atoms with Crippen molar-refractivity contribution in [2.75, 3.05) is 0 Å². The Kier molecular flexibility index (Phi) is 4.68. The molecular weight excluding hydrogens is 334 g/mol. The highest BCUT2D eigenvalue weighted by atomic mass is 16.3. The van der Waals surface area contributed by atoms with Gasteiger partial charge < -0.3 is 9.67 Å². The van der Waals surface area contributed by atoms with E-state index >= 15 is 0 Å². The van der Waals surface area contributed by atoms with Crippen molar-refractivity contribution >= 4 is 27.5 Å². The molecule has 0 spiro atoms. The molecule has 27 heavy (non-hydrogen) atoms. The van der Waals surface area contributed by atoms with E-state index in [9.17, 15) is 9.90 Å². The molecule has 0 unspecified atom stereocenters. The van der Waals surface area contributed by atoms with Crippen molar-refractivity contribution in [1.82, 2.24) is 4.57 Å². The Bertz CT molecular complexity index is 1120. The molecule has 0 aliphatic heterocycles. The lowest BCUT2D eigenvalue weighted by molar-refractivity contribution is 0.103. The molecule has 4 aromatic rings. The van der Waals surface area contributed by atoms with Gasteiger partial charge in [-0.3, -0.25) is 4.79 Å². The number of ketones is 1. The molecule has 0 fully saturated rings. The first-order valence-corrected chi connectivity index (χ1v) is 9.55. The molecule has 0 aliphatic carbocycles. The van der Waals surface area contributed by atoms with Crippen LogP contribution in [0.3, 0.4) is 0 Å². The average Bonchev–Trinajstić information content (AvgIpc) is 2.99. The molecular formula is C24H23NO2. The Labute approximate surface area is 158 Å². The molecule has 1 aromatic heterocycles. The number of aromatic nitrogens is 1. The van der Waals surface area contributed by atoms with Crippen molar-refractivity contribution in [2.24, 2.45) is 0 Å². The van der Waals surface area contributed by atoms with Gasteiger partial charge in [-0.15, -0.1) is 0 Å². The number of rotatable bonds is 6. The van der Waals surface area contributed by atoms with Crippen LogP contribution in [0.5, 0.6) is 5.88 Å². The number of carbonyl (C=O) groups is 1. The molecule has 0 atom stereocenters. The summed E-state index contributed by atoms with van der Waals surface area (Å²) in [5, 5.41) is 13.7. The minimum Gasteiger partial charge on any atom is -0.494 e. The highest BCUT2D eigenvalue weighted by molar-refractivity contribution is 6.22. The van der Waals surface area contributed by atoms with Crippen LogP contribution in [0.15, 0.2) is 66.7 Å². The SMILES string of the molecule is CCCCCn1c(O)c(C(=O)c2cccc3ccccc23)c2ccccc21. The van der Waals surface area contributed by atoms with Crippen molar-refractivity contribution < 1.29 is 9.90 Å². The van der Waals surface area contributed by atoms with Gasteiger partial charge >= 0.3 is 0 Å². The Morgan fingerprint density at radius 3 is 2.41 bits per heavy atom. The standard InChI is InChI=1S/C24H23NO2/c1-2-3-8-16-25-21-15-7-6-13-20(21)22(24(25)27)23(26)19-14-9-11-17-10-4-5-12-18(17)19/h4-7,9-15,27H,2-3,8,16H2,1H3. The lowest BCUT2D eigenvalue weighted by Gasteiger charge is -2.08. The van der Waals surface area contributed by atoms with Crippen LogP contribution in [0.1, 0.15) is 42.1 Å². The zero-order valence-corrected chi connectivity index (χ0v) is 15.5. The first-order chi connectivity index (χ1) is 13.2. The summed E-state index contributed by atoms with van der Waals surface area (Å²) in [7, 11) is 0. The molecule has 1 N–H and O–H groups in total. The highest BCUT2D eigenvalue weighted by Gasteiger charge is 2.24. The number of benzene rings is 3. The van der Waals surface area contributed by atoms with Crippen LogP contribution in [0.2, 0.25) is 0 Å². The number of para-hydroxylation sites is 1. The van der Waals surface area contributed by atoms with E-state index in [4.69, 9.17) is 0 Å². The summed E-state index contributed by atoms with van der Waals surface area (Å²) in [5.41, 5.74) is 1.94. The fraction of sp³-hybridized carbons (Fsp3) is 0.208. The summed E-state index contributed by atoms with van der Waals surface area (Å²) in [6.45, 7) is 2.87. The molecule has 0 saturated heterocycles. The van der Waals surface area contributed by atoms with E-state index in [0.717, 1.165) is 40.9 Å². The summed E-state index contributed by atoms with van der Waals surface area (Å²) >= 11 is 0. The van der Waals surface area contributed by atoms with Crippen LogP contribution in [0.4, 0.5) is 0 Å². The molecule has 0 aliphatic rings. The Hall–Kier alpha value is -3.07. The molecule has 4 rings (SSSR count). The summed E-state index contributed by atoms with van der Waals surface area (Å²) in [4.78, 5) is 13.5. The van der Waals surface area contributed by atoms with Crippen molar-refractivity contribution in [1.29, 1.82) is 0 Å². The molecule has 3 heteroatoms. The second-order valence-corrected chi connectivity index (χ2v) is 6.93. The van der Waals surface area contributed by atoms with Crippen LogP contribution in [0.25, 0.3) is 21.7 Å². The summed E-state index contributed by atoms with van der Waals surface area (Å²) < 4.78 is 1.88. The fourth-order valence-electron chi connectivity index (χ4n) is 3.82. The molecule has 0 radical (unpaired) electrons. The maximum absolute atomic E-state index is 13.5. The van der Waals surface area contributed by atoms with E-state index in [-0.39, 0.29) is 11.7 Å². The van der Waals surface area contributed by atoms with Gasteiger partial charge in [0.05, 0.1) is 11.1 Å². The minimum absolute atomic E-state index is 0.0743. The van der Waals surface area contributed by atoms with Crippen molar-refractivity contribution in [3.8, 4) is 5.88 Å². The molecule has 0 amide bonds. The van der Waals surface area contributed by atoms with Gasteiger partial charge in [-0.25, -0.2) is 0 Å². The molecule has 3 nitrogen and oxygen atoms in total. The van der Waals surface area contributed by atoms with Gasteiger partial charge in [-0.2, -0.15) is 0 Å². The van der Waals surface area contributed by atoms with Crippen LogP contribution in [-0.4, -0.2) is 15.5 Å². The van der Waals surface area contributed by atoms with E-state index in [1.807, 2.05) is 71.3 Å². The van der Waals surface area contributed by atoms with E-state index in [1.54, 1.807) is 0 Å². The third-order valence-electron chi connectivity index (χ3n) is 5.19. The van der Waals surface area contributed by atoms with Crippen molar-refractivity contribution in [3.05, 3.63) is 77.9 Å². The van der Waals surface area contributed by atoms with Gasteiger partial charge in [0.25, 0.3) is 0 Å². The van der Waals surface area contributed by atoms with Crippen LogP contribution in [-0.2, 0) is 6.54 Å². The van der Waals surface area contributed by atoms with E-state index < -0.39 is 0 Å². The van der Waals surface area contributed by atoms with Crippen molar-refractivity contribution in [2.45, 2.75) is 32.7 Å². The van der Waals surface area contributed by atoms with E-state index in [1.165, 1.54) is 0 Å². The average molecular weight is 357 g/mol. The molecule has 0 saturated carbocycles. The lowest BCUT2D eigenvalue weighted by Crippen LogP contribution is -2.03. The molecule has 3 aromatic carbocycles. The monoisotopic (exact) mass is 357 g/mol. The molecule has 136 valence electrons. The first kappa shape index (κ1) is 17.3. The number of fused-ring (bicyclic) bond motifs is 2. The van der Waals surface area contributed by atoms with Gasteiger partial charge in [0.2, 0.25) is 5.88 Å².